The zero-order chi connectivity index (χ0) is 12.1. The molecule has 0 aliphatic carbocycles. The molecule has 1 aliphatic rings. The highest BCUT2D eigenvalue weighted by Crippen LogP contribution is 2.29. The third kappa shape index (κ3) is 2.64. The first-order chi connectivity index (χ1) is 8.45. The Labute approximate surface area is 106 Å². The number of hydrogen-bond donors (Lipinski definition) is 1. The number of rotatable bonds is 1. The number of hydrogen-bond acceptors (Lipinski definition) is 1. The number of fused-ring (bicyclic) bond motifs is 1. The van der Waals surface area contributed by atoms with Crippen LogP contribution in [0.3, 0.4) is 0 Å². The summed E-state index contributed by atoms with van der Waals surface area (Å²) in [6, 6.07) is 15.5. The van der Waals surface area contributed by atoms with Crippen molar-refractivity contribution in [3.8, 4) is 0 Å². The molecule has 90 valence electrons. The molecule has 0 amide bonds. The van der Waals surface area contributed by atoms with Crippen molar-refractivity contribution in [3.63, 3.8) is 0 Å². The molecular formula is C15H19OS+. The van der Waals surface area contributed by atoms with Crippen LogP contribution in [0.4, 0.5) is 0 Å². The van der Waals surface area contributed by atoms with Gasteiger partial charge in [0.05, 0.1) is 0 Å². The molecule has 0 unspecified atom stereocenters. The summed E-state index contributed by atoms with van der Waals surface area (Å²) in [5, 5.41) is 9.87. The topological polar surface area (TPSA) is 20.2 Å². The average molecular weight is 247 g/mol. The van der Waals surface area contributed by atoms with E-state index in [4.69, 9.17) is 5.11 Å². The first-order valence-corrected chi connectivity index (χ1v) is 7.61. The summed E-state index contributed by atoms with van der Waals surface area (Å²) >= 11 is 0. The van der Waals surface area contributed by atoms with Gasteiger partial charge in [0.25, 0.3) is 0 Å². The van der Waals surface area contributed by atoms with Crippen LogP contribution in [0.25, 0.3) is 10.8 Å². The first-order valence-electron chi connectivity index (χ1n) is 6.05. The number of aliphatic hydroxyl groups is 1. The van der Waals surface area contributed by atoms with E-state index in [2.05, 4.69) is 42.5 Å². The van der Waals surface area contributed by atoms with Gasteiger partial charge in [0.2, 0.25) is 0 Å². The molecule has 17 heavy (non-hydrogen) atoms. The van der Waals surface area contributed by atoms with Gasteiger partial charge in [0.1, 0.15) is 11.5 Å². The molecule has 0 atom stereocenters. The van der Waals surface area contributed by atoms with Crippen LogP contribution in [0, 0.1) is 0 Å². The number of benzene rings is 2. The standard InChI is InChI=1S/C14H15S.CH4O/c1-2-8-13-12(6-1)7-5-9-14(13)15-10-3-4-11-15;1-2/h1-2,5-9H,3-4,10-11H2;2H,1H3/q+1;. The minimum Gasteiger partial charge on any atom is -0.400 e. The molecule has 0 bridgehead atoms. The van der Waals surface area contributed by atoms with Gasteiger partial charge in [-0.05, 0) is 30.4 Å². The maximum Gasteiger partial charge on any atom is 0.162 e. The largest absolute Gasteiger partial charge is 0.400 e. The molecule has 0 spiro atoms. The molecule has 3 rings (SSSR count). The van der Waals surface area contributed by atoms with Crippen LogP contribution in [0.5, 0.6) is 0 Å². The van der Waals surface area contributed by atoms with E-state index in [-0.39, 0.29) is 0 Å². The predicted octanol–water partition coefficient (Wildman–Crippen LogP) is 3.22. The van der Waals surface area contributed by atoms with E-state index < -0.39 is 0 Å². The van der Waals surface area contributed by atoms with Crippen molar-refractivity contribution in [2.24, 2.45) is 0 Å². The van der Waals surface area contributed by atoms with Gasteiger partial charge in [-0.3, -0.25) is 0 Å². The minimum absolute atomic E-state index is 0.535. The van der Waals surface area contributed by atoms with Crippen molar-refractivity contribution >= 4 is 21.7 Å². The van der Waals surface area contributed by atoms with Gasteiger partial charge >= 0.3 is 0 Å². The Kier molecular flexibility index (Phi) is 4.46. The fraction of sp³-hybridized carbons (Fsp3) is 0.333. The Morgan fingerprint density at radius 1 is 0.882 bits per heavy atom. The molecule has 1 nitrogen and oxygen atoms in total. The Bertz CT molecular complexity index is 470. The smallest absolute Gasteiger partial charge is 0.162 e. The Morgan fingerprint density at radius 2 is 1.53 bits per heavy atom. The zero-order valence-electron chi connectivity index (χ0n) is 10.2. The predicted molar refractivity (Wildman–Crippen MR) is 76.7 cm³/mol. The van der Waals surface area contributed by atoms with Gasteiger partial charge in [-0.15, -0.1) is 0 Å². The fourth-order valence-electron chi connectivity index (χ4n) is 2.32. The molecule has 1 N–H and O–H groups in total. The zero-order valence-corrected chi connectivity index (χ0v) is 11.0. The second kappa shape index (κ2) is 6.08. The quantitative estimate of drug-likeness (QED) is 0.767. The summed E-state index contributed by atoms with van der Waals surface area (Å²) < 4.78 is 0. The summed E-state index contributed by atoms with van der Waals surface area (Å²) in [4.78, 5) is 1.60. The maximum atomic E-state index is 7.00. The van der Waals surface area contributed by atoms with Gasteiger partial charge in [0, 0.05) is 23.4 Å². The summed E-state index contributed by atoms with van der Waals surface area (Å²) in [7, 11) is 1.53. The van der Waals surface area contributed by atoms with Crippen LogP contribution >= 0.6 is 0 Å². The fourth-order valence-corrected chi connectivity index (χ4v) is 4.84. The molecule has 0 aromatic heterocycles. The van der Waals surface area contributed by atoms with Crippen molar-refractivity contribution in [2.75, 3.05) is 18.6 Å². The monoisotopic (exact) mass is 247 g/mol. The van der Waals surface area contributed by atoms with Crippen LogP contribution in [-0.2, 0) is 10.9 Å². The van der Waals surface area contributed by atoms with Crippen molar-refractivity contribution in [3.05, 3.63) is 42.5 Å². The Balaban J connectivity index is 0.000000514. The van der Waals surface area contributed by atoms with Crippen molar-refractivity contribution in [1.29, 1.82) is 0 Å². The molecular weight excluding hydrogens is 228 g/mol. The van der Waals surface area contributed by atoms with Crippen LogP contribution < -0.4 is 0 Å². The van der Waals surface area contributed by atoms with E-state index in [0.717, 1.165) is 7.11 Å². The van der Waals surface area contributed by atoms with Gasteiger partial charge in [-0.25, -0.2) is 0 Å². The van der Waals surface area contributed by atoms with E-state index in [1.54, 1.807) is 4.90 Å². The minimum atomic E-state index is 0.535. The van der Waals surface area contributed by atoms with E-state index >= 15 is 0 Å². The van der Waals surface area contributed by atoms with E-state index in [9.17, 15) is 0 Å². The van der Waals surface area contributed by atoms with Crippen molar-refractivity contribution in [2.45, 2.75) is 17.7 Å². The van der Waals surface area contributed by atoms with Gasteiger partial charge in [-0.1, -0.05) is 30.3 Å². The molecule has 2 aromatic rings. The van der Waals surface area contributed by atoms with Gasteiger partial charge < -0.3 is 5.11 Å². The highest BCUT2D eigenvalue weighted by molar-refractivity contribution is 7.97. The lowest BCUT2D eigenvalue weighted by molar-refractivity contribution is 0.399. The molecule has 2 heteroatoms. The third-order valence-electron chi connectivity index (χ3n) is 3.09. The lowest BCUT2D eigenvalue weighted by Gasteiger charge is -2.04. The molecule has 1 aliphatic heterocycles. The maximum absolute atomic E-state index is 7.00. The second-order valence-electron chi connectivity index (χ2n) is 4.09. The lowest BCUT2D eigenvalue weighted by atomic mass is 10.1. The highest BCUT2D eigenvalue weighted by Gasteiger charge is 2.28. The van der Waals surface area contributed by atoms with Gasteiger partial charge in [0.15, 0.2) is 4.90 Å². The van der Waals surface area contributed by atoms with E-state index in [1.807, 2.05) is 0 Å². The SMILES string of the molecule is CO.c1ccc2c([S+]3CCCC3)cccc2c1. The van der Waals surface area contributed by atoms with E-state index in [1.165, 1.54) is 35.1 Å². The summed E-state index contributed by atoms with van der Waals surface area (Å²) in [5.74, 6) is 2.82. The van der Waals surface area contributed by atoms with Crippen LogP contribution in [0.15, 0.2) is 47.4 Å². The molecule has 1 saturated heterocycles. The summed E-state index contributed by atoms with van der Waals surface area (Å²) in [5.41, 5.74) is 0. The van der Waals surface area contributed by atoms with Crippen LogP contribution in [0.2, 0.25) is 0 Å². The normalized spacial score (nSPS) is 15.6. The molecule has 2 aromatic carbocycles. The third-order valence-corrected chi connectivity index (χ3v) is 5.63. The Morgan fingerprint density at radius 3 is 2.29 bits per heavy atom. The molecule has 1 fully saturated rings. The first kappa shape index (κ1) is 12.5. The molecule has 1 heterocycles. The summed E-state index contributed by atoms with van der Waals surface area (Å²) in [6.45, 7) is 0. The van der Waals surface area contributed by atoms with Gasteiger partial charge in [-0.2, -0.15) is 0 Å². The molecule has 0 radical (unpaired) electrons. The average Bonchev–Trinajstić information content (AvgIpc) is 2.94. The van der Waals surface area contributed by atoms with Crippen molar-refractivity contribution < 1.29 is 5.11 Å². The highest BCUT2D eigenvalue weighted by atomic mass is 32.2. The van der Waals surface area contributed by atoms with E-state index in [0.29, 0.717) is 10.9 Å². The lowest BCUT2D eigenvalue weighted by Crippen LogP contribution is -2.04. The number of aliphatic hydroxyl groups excluding tert-OH is 1. The van der Waals surface area contributed by atoms with Crippen molar-refractivity contribution in [1.82, 2.24) is 0 Å². The summed E-state index contributed by atoms with van der Waals surface area (Å²) in [6.07, 6.45) is 2.85. The molecule has 0 saturated carbocycles. The van der Waals surface area contributed by atoms with Crippen LogP contribution in [-0.4, -0.2) is 23.7 Å². The second-order valence-corrected chi connectivity index (χ2v) is 6.33. The van der Waals surface area contributed by atoms with Crippen LogP contribution in [0.1, 0.15) is 12.8 Å². The Hall–Kier alpha value is -0.990.